The number of allylic oxidation sites excluding steroid dienone is 3. The SMILES string of the molecule is C=CC1=CC[C@H]2C(=O)N(c3cccc(Cl)c3)C(=O)[C@@]2(c2ccccc2)[C@H]1c1c(O)cc(OC)cc1OC. The zero-order valence-corrected chi connectivity index (χ0v) is 21.2. The van der Waals surface area contributed by atoms with Crippen LogP contribution in [0.1, 0.15) is 23.5 Å². The molecule has 2 amide bonds. The molecule has 1 aliphatic carbocycles. The topological polar surface area (TPSA) is 76.1 Å². The van der Waals surface area contributed by atoms with Gasteiger partial charge in [-0.1, -0.05) is 66.7 Å². The molecule has 3 aromatic rings. The molecule has 0 aromatic heterocycles. The Morgan fingerprint density at radius 2 is 1.81 bits per heavy atom. The third-order valence-electron chi connectivity index (χ3n) is 7.39. The van der Waals surface area contributed by atoms with Gasteiger partial charge in [-0.15, -0.1) is 0 Å². The number of carbonyl (C=O) groups is 2. The molecule has 1 aliphatic heterocycles. The van der Waals surface area contributed by atoms with Crippen LogP contribution >= 0.6 is 11.6 Å². The van der Waals surface area contributed by atoms with Crippen LogP contribution < -0.4 is 14.4 Å². The number of benzene rings is 3. The number of fused-ring (bicyclic) bond motifs is 1. The van der Waals surface area contributed by atoms with Gasteiger partial charge < -0.3 is 14.6 Å². The fourth-order valence-corrected chi connectivity index (χ4v) is 6.04. The molecule has 3 atom stereocenters. The van der Waals surface area contributed by atoms with E-state index in [1.165, 1.54) is 25.2 Å². The summed E-state index contributed by atoms with van der Waals surface area (Å²) in [5, 5.41) is 11.7. The Hall–Kier alpha value is -4.03. The molecule has 3 aromatic carbocycles. The highest BCUT2D eigenvalue weighted by Gasteiger charge is 2.66. The molecular formula is C30H26ClNO5. The lowest BCUT2D eigenvalue weighted by Crippen LogP contribution is -2.48. The van der Waals surface area contributed by atoms with Crippen LogP contribution in [-0.2, 0) is 15.0 Å². The average molecular weight is 516 g/mol. The predicted molar refractivity (Wildman–Crippen MR) is 142 cm³/mol. The number of nitrogens with zero attached hydrogens (tertiary/aromatic N) is 1. The molecule has 2 aliphatic rings. The molecule has 0 bridgehead atoms. The molecule has 0 unspecified atom stereocenters. The first-order chi connectivity index (χ1) is 17.9. The summed E-state index contributed by atoms with van der Waals surface area (Å²) in [7, 11) is 2.98. The van der Waals surface area contributed by atoms with Gasteiger partial charge in [0.15, 0.2) is 0 Å². The van der Waals surface area contributed by atoms with Crippen molar-refractivity contribution in [2.45, 2.75) is 17.8 Å². The maximum Gasteiger partial charge on any atom is 0.246 e. The normalized spacial score (nSPS) is 22.9. The highest BCUT2D eigenvalue weighted by atomic mass is 35.5. The molecule has 1 saturated heterocycles. The monoisotopic (exact) mass is 515 g/mol. The summed E-state index contributed by atoms with van der Waals surface area (Å²) in [5.74, 6) is -1.59. The number of phenols is 1. The lowest BCUT2D eigenvalue weighted by Gasteiger charge is -2.43. The highest BCUT2D eigenvalue weighted by molar-refractivity contribution is 6.32. The molecule has 0 radical (unpaired) electrons. The van der Waals surface area contributed by atoms with E-state index in [-0.39, 0.29) is 11.7 Å². The number of rotatable bonds is 6. The maximum atomic E-state index is 14.7. The van der Waals surface area contributed by atoms with Crippen molar-refractivity contribution < 1.29 is 24.2 Å². The third kappa shape index (κ3) is 3.63. The van der Waals surface area contributed by atoms with E-state index in [2.05, 4.69) is 6.58 Å². The Kier molecular flexibility index (Phi) is 6.30. The minimum Gasteiger partial charge on any atom is -0.507 e. The van der Waals surface area contributed by atoms with Gasteiger partial charge in [0.05, 0.1) is 31.2 Å². The van der Waals surface area contributed by atoms with E-state index >= 15 is 0 Å². The van der Waals surface area contributed by atoms with Crippen LogP contribution in [0.5, 0.6) is 17.2 Å². The highest BCUT2D eigenvalue weighted by Crippen LogP contribution is 2.61. The lowest BCUT2D eigenvalue weighted by atomic mass is 9.55. The van der Waals surface area contributed by atoms with Crippen molar-refractivity contribution in [2.75, 3.05) is 19.1 Å². The van der Waals surface area contributed by atoms with Crippen molar-refractivity contribution in [3.05, 3.63) is 107 Å². The lowest BCUT2D eigenvalue weighted by molar-refractivity contribution is -0.123. The molecule has 5 rings (SSSR count). The maximum absolute atomic E-state index is 14.7. The zero-order valence-electron chi connectivity index (χ0n) is 20.5. The van der Waals surface area contributed by atoms with E-state index in [0.717, 1.165) is 0 Å². The van der Waals surface area contributed by atoms with Crippen molar-refractivity contribution in [1.29, 1.82) is 0 Å². The van der Waals surface area contributed by atoms with Gasteiger partial charge in [0, 0.05) is 28.6 Å². The van der Waals surface area contributed by atoms with Crippen molar-refractivity contribution >= 4 is 29.1 Å². The third-order valence-corrected chi connectivity index (χ3v) is 7.63. The van der Waals surface area contributed by atoms with Crippen molar-refractivity contribution in [3.8, 4) is 17.2 Å². The van der Waals surface area contributed by atoms with Crippen LogP contribution in [0.15, 0.2) is 91.0 Å². The van der Waals surface area contributed by atoms with Gasteiger partial charge in [0.25, 0.3) is 0 Å². The Labute approximate surface area is 220 Å². The minimum atomic E-state index is -1.38. The molecule has 0 saturated carbocycles. The van der Waals surface area contributed by atoms with E-state index in [1.54, 1.807) is 36.4 Å². The Balaban J connectivity index is 1.85. The van der Waals surface area contributed by atoms with Crippen molar-refractivity contribution in [1.82, 2.24) is 0 Å². The number of aromatic hydroxyl groups is 1. The van der Waals surface area contributed by atoms with Gasteiger partial charge in [-0.25, -0.2) is 4.90 Å². The van der Waals surface area contributed by atoms with Gasteiger partial charge in [0.1, 0.15) is 17.2 Å². The molecule has 7 heteroatoms. The summed E-state index contributed by atoms with van der Waals surface area (Å²) in [6, 6.07) is 19.1. The number of hydrogen-bond donors (Lipinski definition) is 1. The van der Waals surface area contributed by atoms with E-state index in [9.17, 15) is 14.7 Å². The molecule has 188 valence electrons. The minimum absolute atomic E-state index is 0.105. The molecule has 1 heterocycles. The Morgan fingerprint density at radius 3 is 2.46 bits per heavy atom. The second-order valence-corrected chi connectivity index (χ2v) is 9.52. The first-order valence-corrected chi connectivity index (χ1v) is 12.2. The molecule has 1 fully saturated rings. The van der Waals surface area contributed by atoms with Crippen LogP contribution in [0.4, 0.5) is 5.69 Å². The van der Waals surface area contributed by atoms with Gasteiger partial charge in [-0.2, -0.15) is 0 Å². The number of carbonyl (C=O) groups excluding carboxylic acids is 2. The molecule has 6 nitrogen and oxygen atoms in total. The quantitative estimate of drug-likeness (QED) is 0.420. The van der Waals surface area contributed by atoms with Crippen molar-refractivity contribution in [2.24, 2.45) is 5.92 Å². The fourth-order valence-electron chi connectivity index (χ4n) is 5.86. The number of amides is 2. The fraction of sp³-hybridized carbons (Fsp3) is 0.200. The number of hydrogen-bond acceptors (Lipinski definition) is 5. The summed E-state index contributed by atoms with van der Waals surface area (Å²) in [6.07, 6.45) is 3.92. The van der Waals surface area contributed by atoms with E-state index < -0.39 is 23.2 Å². The Morgan fingerprint density at radius 1 is 1.05 bits per heavy atom. The van der Waals surface area contributed by atoms with Crippen LogP contribution in [0.2, 0.25) is 5.02 Å². The second-order valence-electron chi connectivity index (χ2n) is 9.09. The summed E-state index contributed by atoms with van der Waals surface area (Å²) < 4.78 is 11.0. The standard InChI is InChI=1S/C30H26ClNO5/c1-4-18-13-14-23-28(34)32(21-12-8-11-20(31)15-21)29(35)30(23,19-9-6-5-7-10-19)27(18)26-24(33)16-22(36-2)17-25(26)37-3/h4-13,15-17,23,27,33H,1,14H2,2-3H3/t23-,27+,30+/m0/s1. The summed E-state index contributed by atoms with van der Waals surface area (Å²) in [6.45, 7) is 4.01. The van der Waals surface area contributed by atoms with Crippen LogP contribution in [0.25, 0.3) is 0 Å². The van der Waals surface area contributed by atoms with Crippen LogP contribution in [0, 0.1) is 5.92 Å². The second kappa shape index (κ2) is 9.45. The van der Waals surface area contributed by atoms with Gasteiger partial charge in [-0.3, -0.25) is 9.59 Å². The number of ether oxygens (including phenoxy) is 2. The molecule has 0 spiro atoms. The number of anilines is 1. The predicted octanol–water partition coefficient (Wildman–Crippen LogP) is 5.79. The van der Waals surface area contributed by atoms with Gasteiger partial charge in [-0.05, 0) is 35.8 Å². The van der Waals surface area contributed by atoms with E-state index in [4.69, 9.17) is 21.1 Å². The largest absolute Gasteiger partial charge is 0.507 e. The summed E-state index contributed by atoms with van der Waals surface area (Å²) >= 11 is 6.25. The van der Waals surface area contributed by atoms with Gasteiger partial charge in [0.2, 0.25) is 11.8 Å². The van der Waals surface area contributed by atoms with Gasteiger partial charge >= 0.3 is 0 Å². The average Bonchev–Trinajstić information content (AvgIpc) is 3.15. The molecule has 37 heavy (non-hydrogen) atoms. The summed E-state index contributed by atoms with van der Waals surface area (Å²) in [4.78, 5) is 30.0. The number of methoxy groups -OCH3 is 2. The smallest absolute Gasteiger partial charge is 0.246 e. The van der Waals surface area contributed by atoms with Crippen molar-refractivity contribution in [3.63, 3.8) is 0 Å². The van der Waals surface area contributed by atoms with E-state index in [1.807, 2.05) is 36.4 Å². The van der Waals surface area contributed by atoms with E-state index in [0.29, 0.717) is 45.3 Å². The first-order valence-electron chi connectivity index (χ1n) is 11.8. The Bertz CT molecular complexity index is 1430. The number of halogens is 1. The zero-order chi connectivity index (χ0) is 26.3. The number of imide groups is 1. The van der Waals surface area contributed by atoms with Crippen LogP contribution in [0.3, 0.4) is 0 Å². The number of phenolic OH excluding ortho intramolecular Hbond substituents is 1. The first kappa shape index (κ1) is 24.7. The van der Waals surface area contributed by atoms with Crippen LogP contribution in [-0.4, -0.2) is 31.1 Å². The summed E-state index contributed by atoms with van der Waals surface area (Å²) in [5.41, 5.74) is 0.790. The molecule has 1 N–H and O–H groups in total. The molecular weight excluding hydrogens is 490 g/mol.